The topological polar surface area (TPSA) is 70.7 Å². The number of amides is 1. The maximum Gasteiger partial charge on any atom is 0.433 e. The SMILES string of the molecule is O=C(NCc1cccnc1)c1cn[nH]c1C(F)(F)F. The van der Waals surface area contributed by atoms with E-state index in [-0.39, 0.29) is 6.54 Å². The second kappa shape index (κ2) is 5.09. The maximum atomic E-state index is 12.5. The highest BCUT2D eigenvalue weighted by Gasteiger charge is 2.37. The molecule has 19 heavy (non-hydrogen) atoms. The van der Waals surface area contributed by atoms with Crippen molar-refractivity contribution in [2.24, 2.45) is 0 Å². The summed E-state index contributed by atoms with van der Waals surface area (Å²) < 4.78 is 37.6. The van der Waals surface area contributed by atoms with Crippen molar-refractivity contribution in [3.63, 3.8) is 0 Å². The molecule has 0 saturated heterocycles. The van der Waals surface area contributed by atoms with Crippen LogP contribution in [-0.4, -0.2) is 21.1 Å². The number of hydrogen-bond donors (Lipinski definition) is 2. The van der Waals surface area contributed by atoms with Gasteiger partial charge in [-0.05, 0) is 11.6 Å². The fraction of sp³-hybridized carbons (Fsp3) is 0.182. The summed E-state index contributed by atoms with van der Waals surface area (Å²) in [5.41, 5.74) is -1.000. The Labute approximate surface area is 105 Å². The number of hydrogen-bond acceptors (Lipinski definition) is 3. The molecular formula is C11H9F3N4O. The van der Waals surface area contributed by atoms with Crippen molar-refractivity contribution in [2.45, 2.75) is 12.7 Å². The average molecular weight is 270 g/mol. The van der Waals surface area contributed by atoms with Crippen LogP contribution in [-0.2, 0) is 12.7 Å². The fourth-order valence-corrected chi connectivity index (χ4v) is 1.45. The van der Waals surface area contributed by atoms with Gasteiger partial charge in [0.2, 0.25) is 0 Å². The van der Waals surface area contributed by atoms with E-state index in [1.807, 2.05) is 0 Å². The molecule has 8 heteroatoms. The van der Waals surface area contributed by atoms with E-state index in [9.17, 15) is 18.0 Å². The molecule has 1 amide bonds. The second-order valence-electron chi connectivity index (χ2n) is 3.70. The highest BCUT2D eigenvalue weighted by atomic mass is 19.4. The van der Waals surface area contributed by atoms with E-state index in [0.29, 0.717) is 5.56 Å². The molecule has 2 rings (SSSR count). The molecule has 2 aromatic heterocycles. The first-order valence-corrected chi connectivity index (χ1v) is 5.26. The van der Waals surface area contributed by atoms with E-state index < -0.39 is 23.3 Å². The number of rotatable bonds is 3. The van der Waals surface area contributed by atoms with Gasteiger partial charge in [-0.15, -0.1) is 0 Å². The van der Waals surface area contributed by atoms with Gasteiger partial charge in [-0.25, -0.2) is 0 Å². The monoisotopic (exact) mass is 270 g/mol. The van der Waals surface area contributed by atoms with Crippen LogP contribution in [0, 0.1) is 0 Å². The number of carbonyl (C=O) groups is 1. The third-order valence-electron chi connectivity index (χ3n) is 2.34. The van der Waals surface area contributed by atoms with Crippen LogP contribution >= 0.6 is 0 Å². The van der Waals surface area contributed by atoms with Gasteiger partial charge in [-0.1, -0.05) is 6.07 Å². The molecule has 0 aliphatic carbocycles. The van der Waals surface area contributed by atoms with E-state index in [4.69, 9.17) is 0 Å². The normalized spacial score (nSPS) is 11.3. The minimum absolute atomic E-state index is 0.0924. The summed E-state index contributed by atoms with van der Waals surface area (Å²) in [5, 5.41) is 7.40. The lowest BCUT2D eigenvalue weighted by Crippen LogP contribution is -2.25. The molecule has 0 aromatic carbocycles. The van der Waals surface area contributed by atoms with Crippen molar-refractivity contribution >= 4 is 5.91 Å². The van der Waals surface area contributed by atoms with Crippen LogP contribution in [0.25, 0.3) is 0 Å². The summed E-state index contributed by atoms with van der Waals surface area (Å²) in [6, 6.07) is 3.37. The van der Waals surface area contributed by atoms with Gasteiger partial charge in [-0.3, -0.25) is 14.9 Å². The minimum atomic E-state index is -4.64. The van der Waals surface area contributed by atoms with E-state index in [1.165, 1.54) is 6.20 Å². The lowest BCUT2D eigenvalue weighted by Gasteiger charge is -2.07. The quantitative estimate of drug-likeness (QED) is 0.892. The highest BCUT2D eigenvalue weighted by Crippen LogP contribution is 2.29. The maximum absolute atomic E-state index is 12.5. The number of carbonyl (C=O) groups excluding carboxylic acids is 1. The van der Waals surface area contributed by atoms with Crippen molar-refractivity contribution < 1.29 is 18.0 Å². The number of nitrogens with zero attached hydrogens (tertiary/aromatic N) is 2. The van der Waals surface area contributed by atoms with Gasteiger partial charge in [-0.2, -0.15) is 18.3 Å². The summed E-state index contributed by atoms with van der Waals surface area (Å²) in [6.45, 7) is 0.0924. The molecule has 100 valence electrons. The Bertz CT molecular complexity index is 565. The molecule has 0 radical (unpaired) electrons. The van der Waals surface area contributed by atoms with Crippen molar-refractivity contribution in [3.8, 4) is 0 Å². The number of aromatic amines is 1. The second-order valence-corrected chi connectivity index (χ2v) is 3.70. The lowest BCUT2D eigenvalue weighted by molar-refractivity contribution is -0.141. The van der Waals surface area contributed by atoms with Gasteiger partial charge in [0, 0.05) is 18.9 Å². The summed E-state index contributed by atoms with van der Waals surface area (Å²) in [5.74, 6) is -0.843. The smallest absolute Gasteiger partial charge is 0.348 e. The molecule has 2 N–H and O–H groups in total. The first-order chi connectivity index (χ1) is 8.98. The van der Waals surface area contributed by atoms with Gasteiger partial charge in [0.1, 0.15) is 0 Å². The molecule has 0 spiro atoms. The molecule has 2 aromatic rings. The number of H-pyrrole nitrogens is 1. The molecule has 0 unspecified atom stereocenters. The first-order valence-electron chi connectivity index (χ1n) is 5.26. The van der Waals surface area contributed by atoms with E-state index in [0.717, 1.165) is 6.20 Å². The molecule has 0 fully saturated rings. The van der Waals surface area contributed by atoms with Gasteiger partial charge in [0.05, 0.1) is 11.8 Å². The molecule has 0 bridgehead atoms. The van der Waals surface area contributed by atoms with Crippen LogP contribution in [0.3, 0.4) is 0 Å². The molecular weight excluding hydrogens is 261 g/mol. The van der Waals surface area contributed by atoms with E-state index in [2.05, 4.69) is 15.4 Å². The minimum Gasteiger partial charge on any atom is -0.348 e. The Morgan fingerprint density at radius 1 is 1.37 bits per heavy atom. The number of alkyl halides is 3. The highest BCUT2D eigenvalue weighted by molar-refractivity contribution is 5.95. The zero-order chi connectivity index (χ0) is 13.9. The number of aromatic nitrogens is 3. The molecule has 0 saturated carbocycles. The Kier molecular flexibility index (Phi) is 3.50. The predicted octanol–water partition coefficient (Wildman–Crippen LogP) is 1.75. The van der Waals surface area contributed by atoms with Gasteiger partial charge in [0.15, 0.2) is 5.69 Å². The fourth-order valence-electron chi connectivity index (χ4n) is 1.45. The molecule has 2 heterocycles. The Balaban J connectivity index is 2.07. The Hall–Kier alpha value is -2.38. The van der Waals surface area contributed by atoms with Gasteiger partial charge >= 0.3 is 6.18 Å². The largest absolute Gasteiger partial charge is 0.433 e. The van der Waals surface area contributed by atoms with Crippen LogP contribution in [0.5, 0.6) is 0 Å². The molecule has 0 aliphatic heterocycles. The van der Waals surface area contributed by atoms with Crippen LogP contribution in [0.1, 0.15) is 21.6 Å². The number of pyridine rings is 1. The van der Waals surface area contributed by atoms with E-state index in [1.54, 1.807) is 23.4 Å². The van der Waals surface area contributed by atoms with Crippen molar-refractivity contribution in [1.82, 2.24) is 20.5 Å². The van der Waals surface area contributed by atoms with Crippen LogP contribution in [0.4, 0.5) is 13.2 Å². The van der Waals surface area contributed by atoms with Crippen LogP contribution in [0.15, 0.2) is 30.7 Å². The molecule has 0 atom stereocenters. The van der Waals surface area contributed by atoms with Gasteiger partial charge in [0.25, 0.3) is 5.91 Å². The van der Waals surface area contributed by atoms with E-state index >= 15 is 0 Å². The summed E-state index contributed by atoms with van der Waals surface area (Å²) in [7, 11) is 0. The zero-order valence-corrected chi connectivity index (χ0v) is 9.53. The number of nitrogens with one attached hydrogen (secondary N) is 2. The summed E-state index contributed by atoms with van der Waals surface area (Å²) in [4.78, 5) is 15.5. The predicted molar refractivity (Wildman–Crippen MR) is 59.0 cm³/mol. The first kappa shape index (κ1) is 13.1. The summed E-state index contributed by atoms with van der Waals surface area (Å²) in [6.07, 6.45) is -0.720. The zero-order valence-electron chi connectivity index (χ0n) is 9.53. The molecule has 5 nitrogen and oxygen atoms in total. The standard InChI is InChI=1S/C11H9F3N4O/c12-11(13,14)9-8(6-17-18-9)10(19)16-5-7-2-1-3-15-4-7/h1-4,6H,5H2,(H,16,19)(H,17,18). The third-order valence-corrected chi connectivity index (χ3v) is 2.34. The lowest BCUT2D eigenvalue weighted by atomic mass is 10.2. The number of halogens is 3. The summed E-state index contributed by atoms with van der Waals surface area (Å²) >= 11 is 0. The van der Waals surface area contributed by atoms with Crippen molar-refractivity contribution in [3.05, 3.63) is 47.5 Å². The Morgan fingerprint density at radius 3 is 2.79 bits per heavy atom. The van der Waals surface area contributed by atoms with Crippen LogP contribution < -0.4 is 5.32 Å². The third kappa shape index (κ3) is 3.09. The molecule has 0 aliphatic rings. The van der Waals surface area contributed by atoms with Crippen molar-refractivity contribution in [1.29, 1.82) is 0 Å². The average Bonchev–Trinajstić information content (AvgIpc) is 2.86. The van der Waals surface area contributed by atoms with Crippen molar-refractivity contribution in [2.75, 3.05) is 0 Å². The Morgan fingerprint density at radius 2 is 2.16 bits per heavy atom. The van der Waals surface area contributed by atoms with Crippen LogP contribution in [0.2, 0.25) is 0 Å². The van der Waals surface area contributed by atoms with Gasteiger partial charge < -0.3 is 5.32 Å².